The normalized spacial score (nSPS) is 10.3. The Morgan fingerprint density at radius 3 is 2.60 bits per heavy atom. The highest BCUT2D eigenvalue weighted by molar-refractivity contribution is 5.89. The van der Waals surface area contributed by atoms with Gasteiger partial charge in [0.1, 0.15) is 18.2 Å². The van der Waals surface area contributed by atoms with Crippen LogP contribution in [0.25, 0.3) is 0 Å². The van der Waals surface area contributed by atoms with Crippen molar-refractivity contribution in [3.05, 3.63) is 65.0 Å². The summed E-state index contributed by atoms with van der Waals surface area (Å²) < 4.78 is 18.7. The average Bonchev–Trinajstić information content (AvgIpc) is 2.45. The van der Waals surface area contributed by atoms with Gasteiger partial charge in [0.15, 0.2) is 0 Å². The third-order valence-electron chi connectivity index (χ3n) is 2.82. The van der Waals surface area contributed by atoms with Gasteiger partial charge in [-0.05, 0) is 24.3 Å². The Balaban J connectivity index is 2.22. The zero-order chi connectivity index (χ0) is 14.5. The standard InChI is InChI=1S/C15H13FO4/c16-12-5-6-13(15(18)19)11(7-12)9-20-14-4-2-1-3-10(14)8-17/h1-7,17H,8-9H2,(H,18,19). The number of aliphatic hydroxyl groups excluding tert-OH is 1. The SMILES string of the molecule is O=C(O)c1ccc(F)cc1COc1ccccc1CO. The van der Waals surface area contributed by atoms with Gasteiger partial charge in [0.05, 0.1) is 12.2 Å². The monoisotopic (exact) mass is 276 g/mol. The Kier molecular flexibility index (Phi) is 4.32. The van der Waals surface area contributed by atoms with Gasteiger partial charge in [-0.1, -0.05) is 18.2 Å². The molecule has 0 amide bonds. The largest absolute Gasteiger partial charge is 0.489 e. The molecule has 104 valence electrons. The molecule has 0 aliphatic rings. The van der Waals surface area contributed by atoms with Crippen molar-refractivity contribution in [1.29, 1.82) is 0 Å². The van der Waals surface area contributed by atoms with E-state index in [2.05, 4.69) is 0 Å². The number of ether oxygens (including phenoxy) is 1. The van der Waals surface area contributed by atoms with E-state index >= 15 is 0 Å². The number of aromatic carboxylic acids is 1. The molecule has 0 atom stereocenters. The molecule has 2 rings (SSSR count). The van der Waals surface area contributed by atoms with E-state index in [1.165, 1.54) is 6.07 Å². The van der Waals surface area contributed by atoms with E-state index in [1.54, 1.807) is 24.3 Å². The fourth-order valence-corrected chi connectivity index (χ4v) is 1.82. The predicted molar refractivity (Wildman–Crippen MR) is 70.1 cm³/mol. The minimum Gasteiger partial charge on any atom is -0.489 e. The molecule has 20 heavy (non-hydrogen) atoms. The summed E-state index contributed by atoms with van der Waals surface area (Å²) in [5.74, 6) is -1.22. The number of hydrogen-bond acceptors (Lipinski definition) is 3. The van der Waals surface area contributed by atoms with Crippen LogP contribution < -0.4 is 4.74 Å². The van der Waals surface area contributed by atoms with Crippen LogP contribution in [0.15, 0.2) is 42.5 Å². The van der Waals surface area contributed by atoms with Crippen molar-refractivity contribution in [1.82, 2.24) is 0 Å². The summed E-state index contributed by atoms with van der Waals surface area (Å²) in [6.07, 6.45) is 0. The van der Waals surface area contributed by atoms with Crippen LogP contribution in [0.3, 0.4) is 0 Å². The first-order valence-corrected chi connectivity index (χ1v) is 5.95. The Labute approximate surface area is 115 Å². The van der Waals surface area contributed by atoms with Gasteiger partial charge in [0.25, 0.3) is 0 Å². The number of hydrogen-bond donors (Lipinski definition) is 2. The van der Waals surface area contributed by atoms with Gasteiger partial charge < -0.3 is 14.9 Å². The lowest BCUT2D eigenvalue weighted by atomic mass is 10.1. The molecule has 0 aliphatic carbocycles. The predicted octanol–water partition coefficient (Wildman–Crippen LogP) is 2.60. The Morgan fingerprint density at radius 1 is 1.15 bits per heavy atom. The summed E-state index contributed by atoms with van der Waals surface area (Å²) in [5.41, 5.74) is 0.818. The third-order valence-corrected chi connectivity index (χ3v) is 2.82. The molecular formula is C15H13FO4. The molecule has 0 aliphatic heterocycles. The lowest BCUT2D eigenvalue weighted by Gasteiger charge is -2.11. The highest BCUT2D eigenvalue weighted by Gasteiger charge is 2.12. The summed E-state index contributed by atoms with van der Waals surface area (Å²) in [7, 11) is 0. The molecule has 0 radical (unpaired) electrons. The Morgan fingerprint density at radius 2 is 1.90 bits per heavy atom. The van der Waals surface area contributed by atoms with Gasteiger partial charge >= 0.3 is 5.97 Å². The molecule has 0 saturated heterocycles. The van der Waals surface area contributed by atoms with Crippen LogP contribution in [0.1, 0.15) is 21.5 Å². The van der Waals surface area contributed by atoms with E-state index in [9.17, 15) is 9.18 Å². The van der Waals surface area contributed by atoms with E-state index < -0.39 is 11.8 Å². The number of carbonyl (C=O) groups is 1. The first kappa shape index (κ1) is 14.0. The van der Waals surface area contributed by atoms with Crippen LogP contribution >= 0.6 is 0 Å². The first-order chi connectivity index (χ1) is 9.61. The van der Waals surface area contributed by atoms with E-state index in [4.69, 9.17) is 14.9 Å². The molecule has 5 heteroatoms. The number of rotatable bonds is 5. The fraction of sp³-hybridized carbons (Fsp3) is 0.133. The summed E-state index contributed by atoms with van der Waals surface area (Å²) >= 11 is 0. The number of carboxylic acids is 1. The molecule has 0 unspecified atom stereocenters. The van der Waals surface area contributed by atoms with E-state index in [1.807, 2.05) is 0 Å². The molecule has 0 fully saturated rings. The van der Waals surface area contributed by atoms with Crippen molar-refractivity contribution >= 4 is 5.97 Å². The maximum atomic E-state index is 13.2. The highest BCUT2D eigenvalue weighted by atomic mass is 19.1. The van der Waals surface area contributed by atoms with Gasteiger partial charge in [0.2, 0.25) is 0 Å². The van der Waals surface area contributed by atoms with Crippen molar-refractivity contribution in [2.24, 2.45) is 0 Å². The molecule has 0 aromatic heterocycles. The fourth-order valence-electron chi connectivity index (χ4n) is 1.82. The van der Waals surface area contributed by atoms with Crippen LogP contribution in [0, 0.1) is 5.82 Å². The topological polar surface area (TPSA) is 66.8 Å². The number of carboxylic acid groups (broad SMARTS) is 1. The van der Waals surface area contributed by atoms with Crippen LogP contribution in [-0.4, -0.2) is 16.2 Å². The molecule has 0 spiro atoms. The highest BCUT2D eigenvalue weighted by Crippen LogP contribution is 2.20. The van der Waals surface area contributed by atoms with Gasteiger partial charge in [-0.25, -0.2) is 9.18 Å². The quantitative estimate of drug-likeness (QED) is 0.881. The Hall–Kier alpha value is -2.40. The van der Waals surface area contributed by atoms with Gasteiger partial charge in [-0.15, -0.1) is 0 Å². The summed E-state index contributed by atoms with van der Waals surface area (Å²) in [6.45, 7) is -0.276. The lowest BCUT2D eigenvalue weighted by molar-refractivity contribution is 0.0694. The summed E-state index contributed by atoms with van der Waals surface area (Å²) in [6, 6.07) is 10.3. The van der Waals surface area contributed by atoms with Crippen LogP contribution in [-0.2, 0) is 13.2 Å². The first-order valence-electron chi connectivity index (χ1n) is 5.95. The molecule has 2 aromatic carbocycles. The van der Waals surface area contributed by atoms with Crippen molar-refractivity contribution in [2.45, 2.75) is 13.2 Å². The van der Waals surface area contributed by atoms with Crippen molar-refractivity contribution < 1.29 is 24.1 Å². The number of para-hydroxylation sites is 1. The molecule has 0 bridgehead atoms. The molecule has 0 heterocycles. The van der Waals surface area contributed by atoms with Crippen LogP contribution in [0.2, 0.25) is 0 Å². The number of aliphatic hydroxyl groups is 1. The van der Waals surface area contributed by atoms with E-state index in [-0.39, 0.29) is 24.3 Å². The van der Waals surface area contributed by atoms with E-state index in [0.717, 1.165) is 12.1 Å². The van der Waals surface area contributed by atoms with Gasteiger partial charge in [-0.2, -0.15) is 0 Å². The third kappa shape index (κ3) is 3.13. The average molecular weight is 276 g/mol. The van der Waals surface area contributed by atoms with Crippen LogP contribution in [0.5, 0.6) is 5.75 Å². The summed E-state index contributed by atoms with van der Waals surface area (Å²) in [4.78, 5) is 11.0. The molecule has 0 saturated carbocycles. The maximum absolute atomic E-state index is 13.2. The smallest absolute Gasteiger partial charge is 0.336 e. The van der Waals surface area contributed by atoms with Crippen molar-refractivity contribution in [3.8, 4) is 5.75 Å². The molecular weight excluding hydrogens is 263 g/mol. The van der Waals surface area contributed by atoms with Crippen LogP contribution in [0.4, 0.5) is 4.39 Å². The Bertz CT molecular complexity index is 625. The van der Waals surface area contributed by atoms with Crippen molar-refractivity contribution in [3.63, 3.8) is 0 Å². The minimum atomic E-state index is -1.14. The lowest BCUT2D eigenvalue weighted by Crippen LogP contribution is -2.07. The van der Waals surface area contributed by atoms with Gasteiger partial charge in [0, 0.05) is 11.1 Å². The second kappa shape index (κ2) is 6.16. The van der Waals surface area contributed by atoms with E-state index in [0.29, 0.717) is 11.3 Å². The van der Waals surface area contributed by atoms with Crippen molar-refractivity contribution in [2.75, 3.05) is 0 Å². The number of halogens is 1. The molecule has 2 aromatic rings. The summed E-state index contributed by atoms with van der Waals surface area (Å²) in [5, 5.41) is 18.2. The zero-order valence-corrected chi connectivity index (χ0v) is 10.5. The maximum Gasteiger partial charge on any atom is 0.336 e. The van der Waals surface area contributed by atoms with Gasteiger partial charge in [-0.3, -0.25) is 0 Å². The number of benzene rings is 2. The second-order valence-corrected chi connectivity index (χ2v) is 4.16. The second-order valence-electron chi connectivity index (χ2n) is 4.16. The minimum absolute atomic E-state index is 0.00659. The molecule has 4 nitrogen and oxygen atoms in total. The zero-order valence-electron chi connectivity index (χ0n) is 10.5. The molecule has 2 N–H and O–H groups in total.